The average Bonchev–Trinajstić information content (AvgIpc) is 2.43. The van der Waals surface area contributed by atoms with Crippen LogP contribution < -0.4 is 16.2 Å². The minimum Gasteiger partial charge on any atom is -0.437 e. The van der Waals surface area contributed by atoms with Crippen LogP contribution in [0.1, 0.15) is 0 Å². The largest absolute Gasteiger partial charge is 0.437 e. The summed E-state index contributed by atoms with van der Waals surface area (Å²) in [5, 5.41) is 1.00. The molecule has 0 aliphatic carbocycles. The molecule has 0 fully saturated rings. The topological polar surface area (TPSA) is 87.0 Å². The standard InChI is InChI=1S/C14H12N4O/c15-11-5-6-13(18-14(11)16)19-10-7-9-3-1-2-4-12(9)17-8-10/h1-8H,15H2,(H2,16,18). The molecule has 2 heterocycles. The van der Waals surface area contributed by atoms with Crippen LogP contribution in [-0.4, -0.2) is 9.97 Å². The number of fused-ring (bicyclic) bond motifs is 1. The fourth-order valence-electron chi connectivity index (χ4n) is 1.75. The number of para-hydroxylation sites is 1. The maximum absolute atomic E-state index is 5.63. The molecular weight excluding hydrogens is 240 g/mol. The van der Waals surface area contributed by atoms with E-state index in [4.69, 9.17) is 16.2 Å². The number of ether oxygens (including phenoxy) is 1. The van der Waals surface area contributed by atoms with Gasteiger partial charge >= 0.3 is 0 Å². The van der Waals surface area contributed by atoms with E-state index in [1.807, 2.05) is 30.3 Å². The second-order valence-corrected chi connectivity index (χ2v) is 4.09. The van der Waals surface area contributed by atoms with Crippen molar-refractivity contribution in [1.82, 2.24) is 9.97 Å². The number of benzene rings is 1. The second kappa shape index (κ2) is 4.45. The van der Waals surface area contributed by atoms with Crippen LogP contribution in [0.4, 0.5) is 11.5 Å². The first kappa shape index (κ1) is 11.3. The van der Waals surface area contributed by atoms with Gasteiger partial charge in [-0.15, -0.1) is 0 Å². The number of aromatic nitrogens is 2. The summed E-state index contributed by atoms with van der Waals surface area (Å²) >= 11 is 0. The molecule has 0 saturated heterocycles. The Morgan fingerprint density at radius 2 is 1.84 bits per heavy atom. The maximum Gasteiger partial charge on any atom is 0.221 e. The Bertz CT molecular complexity index is 742. The van der Waals surface area contributed by atoms with Crippen LogP contribution in [0.15, 0.2) is 48.7 Å². The van der Waals surface area contributed by atoms with Gasteiger partial charge in [-0.25, -0.2) is 0 Å². The van der Waals surface area contributed by atoms with Crippen LogP contribution in [0.3, 0.4) is 0 Å². The molecule has 0 aliphatic rings. The number of nitrogens with two attached hydrogens (primary N) is 2. The Morgan fingerprint density at radius 1 is 1.00 bits per heavy atom. The summed E-state index contributed by atoms with van der Waals surface area (Å²) in [6.45, 7) is 0. The molecule has 19 heavy (non-hydrogen) atoms. The normalized spacial score (nSPS) is 10.5. The monoisotopic (exact) mass is 252 g/mol. The predicted molar refractivity (Wildman–Crippen MR) is 74.9 cm³/mol. The average molecular weight is 252 g/mol. The molecule has 0 aliphatic heterocycles. The molecule has 94 valence electrons. The SMILES string of the molecule is Nc1ccc(Oc2cnc3ccccc3c2)nc1N. The third-order valence-electron chi connectivity index (χ3n) is 2.72. The van der Waals surface area contributed by atoms with E-state index in [-0.39, 0.29) is 5.82 Å². The van der Waals surface area contributed by atoms with Crippen molar-refractivity contribution in [3.05, 3.63) is 48.7 Å². The highest BCUT2D eigenvalue weighted by molar-refractivity contribution is 5.79. The molecular formula is C14H12N4O. The Balaban J connectivity index is 1.94. The van der Waals surface area contributed by atoms with E-state index < -0.39 is 0 Å². The molecule has 0 radical (unpaired) electrons. The number of rotatable bonds is 2. The molecule has 4 N–H and O–H groups in total. The second-order valence-electron chi connectivity index (χ2n) is 4.09. The van der Waals surface area contributed by atoms with Gasteiger partial charge in [-0.1, -0.05) is 18.2 Å². The van der Waals surface area contributed by atoms with Gasteiger partial charge in [0.2, 0.25) is 5.88 Å². The highest BCUT2D eigenvalue weighted by Crippen LogP contribution is 2.24. The van der Waals surface area contributed by atoms with E-state index in [1.54, 1.807) is 18.3 Å². The molecule has 3 aromatic rings. The fourth-order valence-corrected chi connectivity index (χ4v) is 1.75. The lowest BCUT2D eigenvalue weighted by molar-refractivity contribution is 0.463. The van der Waals surface area contributed by atoms with Crippen LogP contribution in [0.5, 0.6) is 11.6 Å². The molecule has 1 aromatic carbocycles. The quantitative estimate of drug-likeness (QED) is 0.732. The summed E-state index contributed by atoms with van der Waals surface area (Å²) in [6, 6.07) is 13.0. The van der Waals surface area contributed by atoms with Gasteiger partial charge < -0.3 is 16.2 Å². The number of hydrogen-bond donors (Lipinski definition) is 2. The lowest BCUT2D eigenvalue weighted by atomic mass is 10.2. The van der Waals surface area contributed by atoms with Crippen molar-refractivity contribution >= 4 is 22.4 Å². The van der Waals surface area contributed by atoms with Gasteiger partial charge in [0, 0.05) is 11.5 Å². The Hall–Kier alpha value is -2.82. The molecule has 2 aromatic heterocycles. The highest BCUT2D eigenvalue weighted by atomic mass is 16.5. The number of hydrogen-bond acceptors (Lipinski definition) is 5. The first-order valence-electron chi connectivity index (χ1n) is 5.77. The van der Waals surface area contributed by atoms with E-state index in [2.05, 4.69) is 9.97 Å². The molecule has 3 rings (SSSR count). The Labute approximate surface area is 109 Å². The van der Waals surface area contributed by atoms with E-state index in [9.17, 15) is 0 Å². The Kier molecular flexibility index (Phi) is 2.64. The minimum atomic E-state index is 0.256. The van der Waals surface area contributed by atoms with Gasteiger partial charge in [0.05, 0.1) is 17.4 Å². The van der Waals surface area contributed by atoms with Crippen LogP contribution in [-0.2, 0) is 0 Å². The number of anilines is 2. The molecule has 0 unspecified atom stereocenters. The van der Waals surface area contributed by atoms with Crippen molar-refractivity contribution in [3.8, 4) is 11.6 Å². The van der Waals surface area contributed by atoms with Crippen molar-refractivity contribution < 1.29 is 4.74 Å². The number of nitrogens with zero attached hydrogens (tertiary/aromatic N) is 2. The van der Waals surface area contributed by atoms with Gasteiger partial charge in [-0.05, 0) is 18.2 Å². The summed E-state index contributed by atoms with van der Waals surface area (Å²) in [5.41, 5.74) is 12.6. The fraction of sp³-hybridized carbons (Fsp3) is 0. The lowest BCUT2D eigenvalue weighted by Crippen LogP contribution is -1.99. The van der Waals surface area contributed by atoms with Crippen LogP contribution >= 0.6 is 0 Å². The van der Waals surface area contributed by atoms with Crippen LogP contribution in [0.2, 0.25) is 0 Å². The van der Waals surface area contributed by atoms with Gasteiger partial charge in [-0.3, -0.25) is 4.98 Å². The summed E-state index contributed by atoms with van der Waals surface area (Å²) in [6.07, 6.45) is 1.65. The lowest BCUT2D eigenvalue weighted by Gasteiger charge is -2.07. The molecule has 5 nitrogen and oxygen atoms in total. The smallest absolute Gasteiger partial charge is 0.221 e. The van der Waals surface area contributed by atoms with Gasteiger partial charge in [0.25, 0.3) is 0 Å². The third kappa shape index (κ3) is 2.26. The zero-order valence-electron chi connectivity index (χ0n) is 10.1. The van der Waals surface area contributed by atoms with E-state index in [0.717, 1.165) is 10.9 Å². The predicted octanol–water partition coefficient (Wildman–Crippen LogP) is 2.59. The van der Waals surface area contributed by atoms with E-state index >= 15 is 0 Å². The highest BCUT2D eigenvalue weighted by Gasteiger charge is 2.03. The first-order valence-corrected chi connectivity index (χ1v) is 5.77. The summed E-state index contributed by atoms with van der Waals surface area (Å²) in [7, 11) is 0. The van der Waals surface area contributed by atoms with Crippen LogP contribution in [0.25, 0.3) is 10.9 Å². The molecule has 5 heteroatoms. The molecule has 0 spiro atoms. The van der Waals surface area contributed by atoms with Crippen molar-refractivity contribution in [2.24, 2.45) is 0 Å². The van der Waals surface area contributed by atoms with Crippen molar-refractivity contribution in [1.29, 1.82) is 0 Å². The zero-order chi connectivity index (χ0) is 13.2. The van der Waals surface area contributed by atoms with Crippen molar-refractivity contribution in [2.75, 3.05) is 11.5 Å². The van der Waals surface area contributed by atoms with E-state index in [0.29, 0.717) is 17.3 Å². The number of pyridine rings is 2. The van der Waals surface area contributed by atoms with Gasteiger partial charge in [-0.2, -0.15) is 4.98 Å². The molecule has 0 bridgehead atoms. The van der Waals surface area contributed by atoms with Crippen molar-refractivity contribution in [3.63, 3.8) is 0 Å². The first-order chi connectivity index (χ1) is 9.22. The van der Waals surface area contributed by atoms with Gasteiger partial charge in [0.15, 0.2) is 5.82 Å². The van der Waals surface area contributed by atoms with Crippen molar-refractivity contribution in [2.45, 2.75) is 0 Å². The maximum atomic E-state index is 5.63. The molecule has 0 amide bonds. The summed E-state index contributed by atoms with van der Waals surface area (Å²) < 4.78 is 5.61. The molecule has 0 saturated carbocycles. The van der Waals surface area contributed by atoms with E-state index in [1.165, 1.54) is 0 Å². The van der Waals surface area contributed by atoms with Gasteiger partial charge in [0.1, 0.15) is 5.75 Å². The molecule has 0 atom stereocenters. The Morgan fingerprint density at radius 3 is 2.68 bits per heavy atom. The van der Waals surface area contributed by atoms with Crippen LogP contribution in [0, 0.1) is 0 Å². The number of nitrogen functional groups attached to an aromatic ring is 2. The summed E-state index contributed by atoms with van der Waals surface area (Å²) in [4.78, 5) is 8.36. The third-order valence-corrected chi connectivity index (χ3v) is 2.72. The minimum absolute atomic E-state index is 0.256. The summed E-state index contributed by atoms with van der Waals surface area (Å²) in [5.74, 6) is 1.26. The zero-order valence-corrected chi connectivity index (χ0v) is 10.1.